The molecule has 0 aliphatic rings. The molecule has 0 fully saturated rings. The summed E-state index contributed by atoms with van der Waals surface area (Å²) in [4.78, 5) is 8.07. The van der Waals surface area contributed by atoms with E-state index in [0.29, 0.717) is 0 Å². The maximum absolute atomic E-state index is 4.14. The van der Waals surface area contributed by atoms with Gasteiger partial charge < -0.3 is 5.32 Å². The van der Waals surface area contributed by atoms with E-state index in [0.717, 1.165) is 18.2 Å². The van der Waals surface area contributed by atoms with Gasteiger partial charge in [-0.15, -0.1) is 0 Å². The van der Waals surface area contributed by atoms with E-state index in [1.165, 1.54) is 0 Å². The Labute approximate surface area is 62.3 Å². The predicted octanol–water partition coefficient (Wildman–Crippen LogP) is 1.06. The third-order valence-corrected chi connectivity index (χ3v) is 1.09. The topological polar surface area (TPSA) is 36.8 Å². The third kappa shape index (κ3) is 4.06. The summed E-state index contributed by atoms with van der Waals surface area (Å²) in [5.74, 6) is 1.82. The smallest absolute Gasteiger partial charge is 0.0984 e. The lowest BCUT2D eigenvalue weighted by atomic mass is 10.5. The first kappa shape index (κ1) is 9.14. The fraction of sp³-hybridized carbons (Fsp3) is 0.714. The molecule has 0 unspecified atom stereocenters. The van der Waals surface area contributed by atoms with Gasteiger partial charge in [0.05, 0.1) is 11.7 Å². The van der Waals surface area contributed by atoms with Crippen LogP contribution in [-0.2, 0) is 0 Å². The van der Waals surface area contributed by atoms with Gasteiger partial charge in [0.25, 0.3) is 0 Å². The van der Waals surface area contributed by atoms with Crippen LogP contribution in [0.3, 0.4) is 0 Å². The van der Waals surface area contributed by atoms with Crippen LogP contribution in [0.15, 0.2) is 9.98 Å². The van der Waals surface area contributed by atoms with Gasteiger partial charge in [-0.3, -0.25) is 9.98 Å². The summed E-state index contributed by atoms with van der Waals surface area (Å²) >= 11 is 0. The molecule has 3 nitrogen and oxygen atoms in total. The Balaban J connectivity index is 3.79. The van der Waals surface area contributed by atoms with Gasteiger partial charge in [-0.25, -0.2) is 0 Å². The van der Waals surface area contributed by atoms with Crippen molar-refractivity contribution in [3.63, 3.8) is 0 Å². The molecule has 0 saturated carbocycles. The molecular formula is C7H15N3. The Hall–Kier alpha value is -0.860. The molecule has 58 valence electrons. The first-order valence-electron chi connectivity index (χ1n) is 3.42. The van der Waals surface area contributed by atoms with Crippen molar-refractivity contribution in [2.75, 3.05) is 13.6 Å². The van der Waals surface area contributed by atoms with Gasteiger partial charge in [-0.1, -0.05) is 0 Å². The summed E-state index contributed by atoms with van der Waals surface area (Å²) in [7, 11) is 1.75. The highest BCUT2D eigenvalue weighted by Gasteiger charge is 1.88. The van der Waals surface area contributed by atoms with E-state index in [1.807, 2.05) is 20.8 Å². The summed E-state index contributed by atoms with van der Waals surface area (Å²) in [5, 5.41) is 3.03. The second kappa shape index (κ2) is 4.97. The minimum Gasteiger partial charge on any atom is -0.333 e. The largest absolute Gasteiger partial charge is 0.333 e. The SMILES string of the molecule is CCN=C(C)NC(C)=NC. The van der Waals surface area contributed by atoms with Gasteiger partial charge in [0.2, 0.25) is 0 Å². The quantitative estimate of drug-likeness (QED) is 0.430. The molecule has 10 heavy (non-hydrogen) atoms. The molecule has 0 spiro atoms. The van der Waals surface area contributed by atoms with Crippen LogP contribution >= 0.6 is 0 Å². The van der Waals surface area contributed by atoms with E-state index in [9.17, 15) is 0 Å². The molecule has 0 heterocycles. The van der Waals surface area contributed by atoms with Crippen LogP contribution in [0.25, 0.3) is 0 Å². The fourth-order valence-corrected chi connectivity index (χ4v) is 0.594. The second-order valence-corrected chi connectivity index (χ2v) is 1.99. The molecule has 0 rings (SSSR count). The maximum atomic E-state index is 4.14. The van der Waals surface area contributed by atoms with Crippen LogP contribution in [0, 0.1) is 0 Å². The van der Waals surface area contributed by atoms with Crippen molar-refractivity contribution in [1.29, 1.82) is 0 Å². The van der Waals surface area contributed by atoms with Crippen molar-refractivity contribution in [2.24, 2.45) is 9.98 Å². The summed E-state index contributed by atoms with van der Waals surface area (Å²) in [5.41, 5.74) is 0. The number of aliphatic imine (C=N–C) groups is 2. The van der Waals surface area contributed by atoms with E-state index in [2.05, 4.69) is 15.3 Å². The van der Waals surface area contributed by atoms with Crippen LogP contribution in [0.5, 0.6) is 0 Å². The number of nitrogens with one attached hydrogen (secondary N) is 1. The third-order valence-electron chi connectivity index (χ3n) is 1.09. The van der Waals surface area contributed by atoms with Crippen molar-refractivity contribution in [3.8, 4) is 0 Å². The van der Waals surface area contributed by atoms with Crippen molar-refractivity contribution >= 4 is 11.7 Å². The molecule has 0 aliphatic carbocycles. The Bertz CT molecular complexity index is 147. The van der Waals surface area contributed by atoms with Crippen LogP contribution in [-0.4, -0.2) is 25.3 Å². The molecule has 0 bridgehead atoms. The zero-order valence-electron chi connectivity index (χ0n) is 7.10. The Morgan fingerprint density at radius 1 is 1.30 bits per heavy atom. The zero-order chi connectivity index (χ0) is 7.98. The molecule has 0 aromatic rings. The standard InChI is InChI=1S/C7H15N3/c1-5-9-7(3)10-6(2)8-4/h5H2,1-4H3,(H,8,9,10). The van der Waals surface area contributed by atoms with Crippen LogP contribution in [0.4, 0.5) is 0 Å². The fourth-order valence-electron chi connectivity index (χ4n) is 0.594. The van der Waals surface area contributed by atoms with Gasteiger partial charge in [0, 0.05) is 13.6 Å². The molecular weight excluding hydrogens is 126 g/mol. The molecule has 0 saturated heterocycles. The summed E-state index contributed by atoms with van der Waals surface area (Å²) in [6.07, 6.45) is 0. The predicted molar refractivity (Wildman–Crippen MR) is 45.8 cm³/mol. The number of nitrogens with zero attached hydrogens (tertiary/aromatic N) is 2. The van der Waals surface area contributed by atoms with E-state index < -0.39 is 0 Å². The highest BCUT2D eigenvalue weighted by Crippen LogP contribution is 1.74. The molecule has 0 aromatic carbocycles. The van der Waals surface area contributed by atoms with E-state index >= 15 is 0 Å². The zero-order valence-corrected chi connectivity index (χ0v) is 7.10. The minimum atomic E-state index is 0.815. The van der Waals surface area contributed by atoms with E-state index in [-0.39, 0.29) is 0 Å². The molecule has 0 radical (unpaired) electrons. The monoisotopic (exact) mass is 141 g/mol. The molecule has 0 aliphatic heterocycles. The minimum absolute atomic E-state index is 0.815. The molecule has 1 N–H and O–H groups in total. The second-order valence-electron chi connectivity index (χ2n) is 1.99. The van der Waals surface area contributed by atoms with Crippen molar-refractivity contribution < 1.29 is 0 Å². The van der Waals surface area contributed by atoms with E-state index in [1.54, 1.807) is 7.05 Å². The van der Waals surface area contributed by atoms with Gasteiger partial charge in [0.1, 0.15) is 0 Å². The number of hydrogen-bond donors (Lipinski definition) is 1. The van der Waals surface area contributed by atoms with Gasteiger partial charge in [0.15, 0.2) is 0 Å². The van der Waals surface area contributed by atoms with Crippen molar-refractivity contribution in [3.05, 3.63) is 0 Å². The highest BCUT2D eigenvalue weighted by molar-refractivity contribution is 5.98. The first-order valence-corrected chi connectivity index (χ1v) is 3.42. The maximum Gasteiger partial charge on any atom is 0.0984 e. The summed E-state index contributed by atoms with van der Waals surface area (Å²) < 4.78 is 0. The van der Waals surface area contributed by atoms with Crippen LogP contribution < -0.4 is 5.32 Å². The van der Waals surface area contributed by atoms with E-state index in [4.69, 9.17) is 0 Å². The van der Waals surface area contributed by atoms with Crippen molar-refractivity contribution in [2.45, 2.75) is 20.8 Å². The van der Waals surface area contributed by atoms with Crippen molar-refractivity contribution in [1.82, 2.24) is 5.32 Å². The molecule has 0 aromatic heterocycles. The van der Waals surface area contributed by atoms with Crippen LogP contribution in [0.2, 0.25) is 0 Å². The average Bonchev–Trinajstić information content (AvgIpc) is 1.88. The summed E-state index contributed by atoms with van der Waals surface area (Å²) in [6.45, 7) is 6.66. The lowest BCUT2D eigenvalue weighted by molar-refractivity contribution is 1.09. The normalized spacial score (nSPS) is 13.6. The number of rotatable bonds is 1. The molecule has 0 atom stereocenters. The van der Waals surface area contributed by atoms with Gasteiger partial charge in [-0.05, 0) is 20.8 Å². The molecule has 0 amide bonds. The Morgan fingerprint density at radius 3 is 2.30 bits per heavy atom. The number of hydrogen-bond acceptors (Lipinski definition) is 2. The van der Waals surface area contributed by atoms with Gasteiger partial charge in [-0.2, -0.15) is 0 Å². The summed E-state index contributed by atoms with van der Waals surface area (Å²) in [6, 6.07) is 0. The lowest BCUT2D eigenvalue weighted by Gasteiger charge is -2.01. The Kier molecular flexibility index (Phi) is 4.54. The lowest BCUT2D eigenvalue weighted by Crippen LogP contribution is -2.25. The number of amidine groups is 2. The Morgan fingerprint density at radius 2 is 1.90 bits per heavy atom. The molecule has 3 heteroatoms. The van der Waals surface area contributed by atoms with Gasteiger partial charge >= 0.3 is 0 Å². The average molecular weight is 141 g/mol. The van der Waals surface area contributed by atoms with Crippen LogP contribution in [0.1, 0.15) is 20.8 Å². The first-order chi connectivity index (χ1) is 4.70. The highest BCUT2D eigenvalue weighted by atomic mass is 15.0.